The molecular formula is C19H22N2O2. The lowest BCUT2D eigenvalue weighted by atomic mass is 9.76. The van der Waals surface area contributed by atoms with Gasteiger partial charge in [0.05, 0.1) is 5.71 Å². The highest BCUT2D eigenvalue weighted by molar-refractivity contribution is 6.03. The fourth-order valence-corrected chi connectivity index (χ4v) is 3.32. The zero-order valence-corrected chi connectivity index (χ0v) is 14.1. The Balaban J connectivity index is 2.15. The minimum Gasteiger partial charge on any atom is -0.318 e. The molecule has 1 aromatic heterocycles. The van der Waals surface area contributed by atoms with Crippen LogP contribution in [0, 0.1) is 12.3 Å². The third-order valence-electron chi connectivity index (χ3n) is 4.19. The van der Waals surface area contributed by atoms with Gasteiger partial charge in [-0.2, -0.15) is 0 Å². The van der Waals surface area contributed by atoms with E-state index in [2.05, 4.69) is 48.7 Å². The van der Waals surface area contributed by atoms with E-state index < -0.39 is 0 Å². The van der Waals surface area contributed by atoms with Crippen molar-refractivity contribution in [3.8, 4) is 5.69 Å². The summed E-state index contributed by atoms with van der Waals surface area (Å²) in [6.07, 6.45) is 1.76. The fourth-order valence-electron chi connectivity index (χ4n) is 3.32. The highest BCUT2D eigenvalue weighted by Gasteiger charge is 2.33. The quantitative estimate of drug-likeness (QED) is 0.621. The molecule has 1 aliphatic rings. The first-order chi connectivity index (χ1) is 10.9. The molecule has 1 heterocycles. The molecule has 3 rings (SSSR count). The molecule has 120 valence electrons. The number of fused-ring (bicyclic) bond motifs is 1. The van der Waals surface area contributed by atoms with Crippen molar-refractivity contribution in [3.05, 3.63) is 53.3 Å². The van der Waals surface area contributed by atoms with Gasteiger partial charge in [-0.1, -0.05) is 37.2 Å². The van der Waals surface area contributed by atoms with E-state index in [0.717, 1.165) is 35.5 Å². The normalized spacial score (nSPS) is 17.8. The first-order valence-electron chi connectivity index (χ1n) is 7.89. The predicted molar refractivity (Wildman–Crippen MR) is 90.9 cm³/mol. The smallest absolute Gasteiger partial charge is 0.318 e. The van der Waals surface area contributed by atoms with Gasteiger partial charge in [-0.3, -0.25) is 0 Å². The van der Waals surface area contributed by atoms with Crippen LogP contribution in [0.5, 0.6) is 0 Å². The van der Waals surface area contributed by atoms with Crippen LogP contribution in [0.4, 0.5) is 0 Å². The third-order valence-corrected chi connectivity index (χ3v) is 4.19. The summed E-state index contributed by atoms with van der Waals surface area (Å²) in [5, 5.41) is 4.12. The van der Waals surface area contributed by atoms with E-state index in [1.54, 1.807) is 0 Å². The fraction of sp³-hybridized carbons (Fsp3) is 0.368. The molecule has 0 saturated heterocycles. The van der Waals surface area contributed by atoms with Crippen molar-refractivity contribution in [2.24, 2.45) is 10.6 Å². The number of aromatic nitrogens is 1. The Morgan fingerprint density at radius 3 is 2.57 bits per heavy atom. The average Bonchev–Trinajstić information content (AvgIpc) is 2.80. The Bertz CT molecular complexity index is 770. The number of para-hydroxylation sites is 1. The van der Waals surface area contributed by atoms with Gasteiger partial charge in [0.25, 0.3) is 0 Å². The van der Waals surface area contributed by atoms with E-state index >= 15 is 0 Å². The van der Waals surface area contributed by atoms with Crippen LogP contribution in [0.25, 0.3) is 5.69 Å². The Morgan fingerprint density at radius 2 is 1.91 bits per heavy atom. The first kappa shape index (κ1) is 15.5. The minimum atomic E-state index is -0.387. The van der Waals surface area contributed by atoms with Gasteiger partial charge in [0, 0.05) is 29.6 Å². The summed E-state index contributed by atoms with van der Waals surface area (Å²) in [5.74, 6) is -0.387. The first-order valence-corrected chi connectivity index (χ1v) is 7.89. The molecule has 0 N–H and O–H groups in total. The van der Waals surface area contributed by atoms with Crippen LogP contribution in [-0.4, -0.2) is 16.2 Å². The maximum Gasteiger partial charge on any atom is 0.331 e. The van der Waals surface area contributed by atoms with Crippen molar-refractivity contribution < 1.29 is 9.63 Å². The van der Waals surface area contributed by atoms with Crippen LogP contribution in [-0.2, 0) is 16.1 Å². The summed E-state index contributed by atoms with van der Waals surface area (Å²) in [6.45, 7) is 7.91. The monoisotopic (exact) mass is 310 g/mol. The zero-order valence-electron chi connectivity index (χ0n) is 14.1. The Hall–Kier alpha value is -2.36. The van der Waals surface area contributed by atoms with Crippen molar-refractivity contribution in [1.82, 2.24) is 4.57 Å². The lowest BCUT2D eigenvalue weighted by Crippen LogP contribution is -2.28. The van der Waals surface area contributed by atoms with E-state index in [4.69, 9.17) is 4.84 Å². The maximum absolute atomic E-state index is 11.1. The molecule has 1 aromatic carbocycles. The highest BCUT2D eigenvalue weighted by Crippen LogP contribution is 2.38. The predicted octanol–water partition coefficient (Wildman–Crippen LogP) is 4.03. The van der Waals surface area contributed by atoms with Crippen LogP contribution in [0.15, 0.2) is 41.6 Å². The van der Waals surface area contributed by atoms with Crippen LogP contribution < -0.4 is 0 Å². The lowest BCUT2D eigenvalue weighted by Gasteiger charge is -2.31. The summed E-state index contributed by atoms with van der Waals surface area (Å²) >= 11 is 0. The van der Waals surface area contributed by atoms with Crippen molar-refractivity contribution in [2.75, 3.05) is 0 Å². The number of oxime groups is 1. The van der Waals surface area contributed by atoms with Gasteiger partial charge in [0.2, 0.25) is 0 Å². The number of carbonyl (C=O) groups excluding carboxylic acids is 1. The second-order valence-electron chi connectivity index (χ2n) is 6.96. The second-order valence-corrected chi connectivity index (χ2v) is 6.96. The molecule has 0 fully saturated rings. The number of hydrogen-bond acceptors (Lipinski definition) is 3. The van der Waals surface area contributed by atoms with Gasteiger partial charge >= 0.3 is 5.97 Å². The molecule has 1 aliphatic carbocycles. The van der Waals surface area contributed by atoms with Gasteiger partial charge in [0.15, 0.2) is 0 Å². The van der Waals surface area contributed by atoms with Crippen molar-refractivity contribution >= 4 is 11.7 Å². The van der Waals surface area contributed by atoms with E-state index in [9.17, 15) is 4.79 Å². The van der Waals surface area contributed by atoms with Crippen LogP contribution in [0.3, 0.4) is 0 Å². The van der Waals surface area contributed by atoms with E-state index in [0.29, 0.717) is 0 Å². The van der Waals surface area contributed by atoms with Crippen molar-refractivity contribution in [1.29, 1.82) is 0 Å². The summed E-state index contributed by atoms with van der Waals surface area (Å²) in [4.78, 5) is 16.0. The molecular weight excluding hydrogens is 288 g/mol. The van der Waals surface area contributed by atoms with Gasteiger partial charge < -0.3 is 9.40 Å². The van der Waals surface area contributed by atoms with E-state index in [1.165, 1.54) is 12.6 Å². The molecule has 0 aliphatic heterocycles. The number of carbonyl (C=O) groups is 1. The summed E-state index contributed by atoms with van der Waals surface area (Å²) < 4.78 is 2.28. The number of nitrogens with zero attached hydrogens (tertiary/aromatic N) is 2. The van der Waals surface area contributed by atoms with Crippen LogP contribution in [0.2, 0.25) is 0 Å². The topological polar surface area (TPSA) is 43.6 Å². The second kappa shape index (κ2) is 5.69. The average molecular weight is 310 g/mol. The van der Waals surface area contributed by atoms with Gasteiger partial charge in [-0.25, -0.2) is 4.79 Å². The number of benzene rings is 1. The van der Waals surface area contributed by atoms with E-state index in [1.807, 2.05) is 18.2 Å². The molecule has 0 unspecified atom stereocenters. The Morgan fingerprint density at radius 1 is 1.22 bits per heavy atom. The molecule has 0 amide bonds. The summed E-state index contributed by atoms with van der Waals surface area (Å²) in [6, 6.07) is 12.5. The number of hydrogen-bond donors (Lipinski definition) is 0. The molecule has 4 nitrogen and oxygen atoms in total. The van der Waals surface area contributed by atoms with Crippen LogP contribution >= 0.6 is 0 Å². The zero-order chi connectivity index (χ0) is 16.6. The SMILES string of the molecule is CC(=O)O/N=C1\CC(C)(C)Cc2c1cc(C)n2-c1ccccc1. The number of rotatable bonds is 2. The minimum absolute atomic E-state index is 0.0727. The largest absolute Gasteiger partial charge is 0.331 e. The third kappa shape index (κ3) is 3.07. The van der Waals surface area contributed by atoms with Gasteiger partial charge in [-0.15, -0.1) is 0 Å². The molecule has 0 atom stereocenters. The Labute approximate surface area is 136 Å². The molecule has 0 bridgehead atoms. The Kier molecular flexibility index (Phi) is 3.84. The summed E-state index contributed by atoms with van der Waals surface area (Å²) in [7, 11) is 0. The lowest BCUT2D eigenvalue weighted by molar-refractivity contribution is -0.140. The highest BCUT2D eigenvalue weighted by atomic mass is 16.7. The van der Waals surface area contributed by atoms with Gasteiger partial charge in [-0.05, 0) is 43.4 Å². The van der Waals surface area contributed by atoms with Gasteiger partial charge in [0.1, 0.15) is 0 Å². The molecule has 23 heavy (non-hydrogen) atoms. The maximum atomic E-state index is 11.1. The number of aryl methyl sites for hydroxylation is 1. The molecule has 0 saturated carbocycles. The van der Waals surface area contributed by atoms with E-state index in [-0.39, 0.29) is 11.4 Å². The molecule has 0 radical (unpaired) electrons. The standard InChI is InChI=1S/C19H22N2O2/c1-13-10-16-17(20-23-14(2)22)11-19(3,4)12-18(16)21(13)15-8-6-5-7-9-15/h5-10H,11-12H2,1-4H3/b20-17+. The summed E-state index contributed by atoms with van der Waals surface area (Å²) in [5.41, 5.74) is 5.56. The van der Waals surface area contributed by atoms with Crippen molar-refractivity contribution in [3.63, 3.8) is 0 Å². The van der Waals surface area contributed by atoms with Crippen LogP contribution in [0.1, 0.15) is 44.1 Å². The molecule has 2 aromatic rings. The molecule has 0 spiro atoms. The molecule has 4 heteroatoms. The van der Waals surface area contributed by atoms with Crippen molar-refractivity contribution in [2.45, 2.75) is 40.5 Å².